The number of ether oxygens (including phenoxy) is 1. The third-order valence-corrected chi connectivity index (χ3v) is 3.24. The minimum absolute atomic E-state index is 0.329. The smallest absolute Gasteiger partial charge is 0.131 e. The van der Waals surface area contributed by atoms with Crippen molar-refractivity contribution in [3.05, 3.63) is 29.6 Å². The number of hydrogen-bond acceptors (Lipinski definition) is 4. The van der Waals surface area contributed by atoms with Crippen LogP contribution in [-0.4, -0.2) is 17.5 Å². The molecule has 4 nitrogen and oxygen atoms in total. The summed E-state index contributed by atoms with van der Waals surface area (Å²) in [4.78, 5) is 0. The lowest BCUT2D eigenvalue weighted by Gasteiger charge is -2.15. The van der Waals surface area contributed by atoms with Gasteiger partial charge in [0.2, 0.25) is 0 Å². The Morgan fingerprint density at radius 2 is 2.14 bits per heavy atom. The van der Waals surface area contributed by atoms with E-state index >= 15 is 0 Å². The maximum atomic E-state index is 13.3. The van der Waals surface area contributed by atoms with Gasteiger partial charge in [-0.15, -0.1) is 0 Å². The molecular formula is C16H21FN2O2. The molecule has 0 unspecified atom stereocenters. The Balaban J connectivity index is 2.56. The summed E-state index contributed by atoms with van der Waals surface area (Å²) in [7, 11) is 0. The van der Waals surface area contributed by atoms with E-state index in [1.807, 2.05) is 13.8 Å². The van der Waals surface area contributed by atoms with Gasteiger partial charge in [0.1, 0.15) is 11.6 Å². The normalized spacial score (nSPS) is 12.0. The van der Waals surface area contributed by atoms with E-state index in [1.54, 1.807) is 6.92 Å². The molecule has 1 N–H and O–H groups in total. The van der Waals surface area contributed by atoms with Crippen molar-refractivity contribution in [3.8, 4) is 11.8 Å². The summed E-state index contributed by atoms with van der Waals surface area (Å²) in [6, 6.07) is 6.36. The predicted octanol–water partition coefficient (Wildman–Crippen LogP) is 4.12. The van der Waals surface area contributed by atoms with Gasteiger partial charge < -0.3 is 9.94 Å². The van der Waals surface area contributed by atoms with E-state index in [9.17, 15) is 4.39 Å². The molecule has 5 heteroatoms. The van der Waals surface area contributed by atoms with Crippen LogP contribution < -0.4 is 4.74 Å². The SMILES string of the molecule is C/C(=N/O)c1ccc(F)cc1OCCCCC(C)(C)C#N. The van der Waals surface area contributed by atoms with Crippen molar-refractivity contribution < 1.29 is 14.3 Å². The number of oxime groups is 1. The molecule has 0 aliphatic rings. The number of unbranched alkanes of at least 4 members (excludes halogenated alkanes) is 1. The van der Waals surface area contributed by atoms with Crippen molar-refractivity contribution in [1.29, 1.82) is 5.26 Å². The molecular weight excluding hydrogens is 271 g/mol. The van der Waals surface area contributed by atoms with Gasteiger partial charge in [0.25, 0.3) is 0 Å². The zero-order valence-corrected chi connectivity index (χ0v) is 12.7. The van der Waals surface area contributed by atoms with Crippen LogP contribution in [0.25, 0.3) is 0 Å². The molecule has 0 aromatic heterocycles. The number of nitrogens with zero attached hydrogens (tertiary/aromatic N) is 2. The first-order valence-electron chi connectivity index (χ1n) is 6.92. The maximum Gasteiger partial charge on any atom is 0.131 e. The summed E-state index contributed by atoms with van der Waals surface area (Å²) in [5, 5.41) is 20.9. The fourth-order valence-electron chi connectivity index (χ4n) is 1.88. The molecule has 0 saturated heterocycles. The Hall–Kier alpha value is -2.09. The summed E-state index contributed by atoms with van der Waals surface area (Å²) < 4.78 is 18.8. The van der Waals surface area contributed by atoms with Crippen LogP contribution in [0.3, 0.4) is 0 Å². The lowest BCUT2D eigenvalue weighted by atomic mass is 9.89. The molecule has 0 saturated carbocycles. The first-order chi connectivity index (χ1) is 9.89. The monoisotopic (exact) mass is 292 g/mol. The van der Waals surface area contributed by atoms with Crippen LogP contribution in [0.15, 0.2) is 23.4 Å². The Kier molecular flexibility index (Phi) is 6.16. The van der Waals surface area contributed by atoms with Crippen molar-refractivity contribution in [1.82, 2.24) is 0 Å². The number of halogens is 1. The van der Waals surface area contributed by atoms with Gasteiger partial charge in [-0.2, -0.15) is 5.26 Å². The van der Waals surface area contributed by atoms with Crippen LogP contribution in [0.2, 0.25) is 0 Å². The van der Waals surface area contributed by atoms with Crippen molar-refractivity contribution in [3.63, 3.8) is 0 Å². The minimum atomic E-state index is -0.398. The van der Waals surface area contributed by atoms with Crippen molar-refractivity contribution in [2.75, 3.05) is 6.61 Å². The van der Waals surface area contributed by atoms with Gasteiger partial charge in [0, 0.05) is 11.6 Å². The maximum absolute atomic E-state index is 13.3. The third kappa shape index (κ3) is 5.42. The van der Waals surface area contributed by atoms with E-state index in [2.05, 4.69) is 11.2 Å². The molecule has 0 fully saturated rings. The molecule has 0 radical (unpaired) electrons. The minimum Gasteiger partial charge on any atom is -0.493 e. The summed E-state index contributed by atoms with van der Waals surface area (Å²) in [5.74, 6) is -0.0325. The summed E-state index contributed by atoms with van der Waals surface area (Å²) >= 11 is 0. The summed E-state index contributed by atoms with van der Waals surface area (Å²) in [6.45, 7) is 5.85. The van der Waals surface area contributed by atoms with E-state index in [4.69, 9.17) is 15.2 Å². The fourth-order valence-corrected chi connectivity index (χ4v) is 1.88. The lowest BCUT2D eigenvalue weighted by molar-refractivity contribution is 0.292. The molecule has 0 spiro atoms. The van der Waals surface area contributed by atoms with Gasteiger partial charge in [-0.3, -0.25) is 0 Å². The van der Waals surface area contributed by atoms with Crippen molar-refractivity contribution in [2.24, 2.45) is 10.6 Å². The highest BCUT2D eigenvalue weighted by Crippen LogP contribution is 2.23. The van der Waals surface area contributed by atoms with E-state index in [1.165, 1.54) is 18.2 Å². The summed E-state index contributed by atoms with van der Waals surface area (Å²) in [6.07, 6.45) is 2.43. The number of nitriles is 1. The zero-order valence-electron chi connectivity index (χ0n) is 12.7. The van der Waals surface area contributed by atoms with Gasteiger partial charge in [0.15, 0.2) is 0 Å². The van der Waals surface area contributed by atoms with Gasteiger partial charge in [0.05, 0.1) is 23.8 Å². The average molecular weight is 292 g/mol. The quantitative estimate of drug-likeness (QED) is 0.356. The Morgan fingerprint density at radius 3 is 2.76 bits per heavy atom. The molecule has 21 heavy (non-hydrogen) atoms. The summed E-state index contributed by atoms with van der Waals surface area (Å²) in [5.41, 5.74) is 0.608. The molecule has 1 rings (SSSR count). The number of hydrogen-bond donors (Lipinski definition) is 1. The fraction of sp³-hybridized carbons (Fsp3) is 0.500. The highest BCUT2D eigenvalue weighted by atomic mass is 19.1. The van der Waals surface area contributed by atoms with Crippen LogP contribution in [0.4, 0.5) is 4.39 Å². The van der Waals surface area contributed by atoms with E-state index in [0.717, 1.165) is 19.3 Å². The van der Waals surface area contributed by atoms with Crippen LogP contribution in [0.1, 0.15) is 45.6 Å². The molecule has 0 bridgehead atoms. The molecule has 0 atom stereocenters. The van der Waals surface area contributed by atoms with Crippen LogP contribution in [0.5, 0.6) is 5.75 Å². The Morgan fingerprint density at radius 1 is 1.43 bits per heavy atom. The predicted molar refractivity (Wildman–Crippen MR) is 79.1 cm³/mol. The number of benzene rings is 1. The highest BCUT2D eigenvalue weighted by Gasteiger charge is 2.15. The lowest BCUT2D eigenvalue weighted by Crippen LogP contribution is -2.09. The van der Waals surface area contributed by atoms with Crippen LogP contribution in [0, 0.1) is 22.6 Å². The van der Waals surface area contributed by atoms with E-state index in [0.29, 0.717) is 23.6 Å². The van der Waals surface area contributed by atoms with E-state index < -0.39 is 5.82 Å². The second kappa shape index (κ2) is 7.63. The Labute approximate surface area is 124 Å². The standard InChI is InChI=1S/C16H21FN2O2/c1-12(19-20)14-7-6-13(17)10-15(14)21-9-5-4-8-16(2,3)11-18/h6-7,10,20H,4-5,8-9H2,1-3H3/b19-12-. The second-order valence-electron chi connectivity index (χ2n) is 5.63. The first-order valence-corrected chi connectivity index (χ1v) is 6.92. The van der Waals surface area contributed by atoms with Crippen LogP contribution in [-0.2, 0) is 0 Å². The molecule has 1 aromatic rings. The van der Waals surface area contributed by atoms with Gasteiger partial charge in [-0.25, -0.2) is 4.39 Å². The third-order valence-electron chi connectivity index (χ3n) is 3.24. The van der Waals surface area contributed by atoms with Gasteiger partial charge in [-0.1, -0.05) is 5.16 Å². The zero-order chi connectivity index (χ0) is 15.9. The molecule has 0 aliphatic heterocycles. The second-order valence-corrected chi connectivity index (χ2v) is 5.63. The first kappa shape index (κ1) is 17.0. The van der Waals surface area contributed by atoms with Crippen molar-refractivity contribution in [2.45, 2.75) is 40.0 Å². The molecule has 0 aliphatic carbocycles. The molecule has 0 amide bonds. The largest absolute Gasteiger partial charge is 0.493 e. The Bertz CT molecular complexity index is 548. The van der Waals surface area contributed by atoms with Crippen LogP contribution >= 0.6 is 0 Å². The average Bonchev–Trinajstić information content (AvgIpc) is 2.46. The number of rotatable bonds is 7. The molecule has 0 heterocycles. The highest BCUT2D eigenvalue weighted by molar-refractivity contribution is 6.00. The van der Waals surface area contributed by atoms with Crippen molar-refractivity contribution >= 4 is 5.71 Å². The van der Waals surface area contributed by atoms with Gasteiger partial charge in [-0.05, 0) is 52.2 Å². The molecule has 114 valence electrons. The van der Waals surface area contributed by atoms with Gasteiger partial charge >= 0.3 is 0 Å². The van der Waals surface area contributed by atoms with E-state index in [-0.39, 0.29) is 5.41 Å². The topological polar surface area (TPSA) is 65.6 Å². The molecule has 1 aromatic carbocycles.